The topological polar surface area (TPSA) is 72.7 Å². The van der Waals surface area contributed by atoms with Crippen LogP contribution in [0.4, 0.5) is 13.2 Å². The van der Waals surface area contributed by atoms with E-state index in [9.17, 15) is 18.0 Å². The van der Waals surface area contributed by atoms with Crippen LogP contribution in [0.25, 0.3) is 11.4 Å². The summed E-state index contributed by atoms with van der Waals surface area (Å²) in [5.74, 6) is 0.0428. The van der Waals surface area contributed by atoms with E-state index < -0.39 is 11.7 Å². The highest BCUT2D eigenvalue weighted by molar-refractivity contribution is 6.30. The molecule has 1 heterocycles. The molecule has 0 aliphatic rings. The van der Waals surface area contributed by atoms with Crippen molar-refractivity contribution in [1.29, 1.82) is 0 Å². The van der Waals surface area contributed by atoms with Crippen LogP contribution in [-0.2, 0) is 23.9 Å². The molecule has 3 aromatic rings. The van der Waals surface area contributed by atoms with Crippen LogP contribution in [0, 0.1) is 0 Å². The fourth-order valence-corrected chi connectivity index (χ4v) is 2.54. The number of hydrogen-bond donors (Lipinski definition) is 1. The Morgan fingerprint density at radius 2 is 1.75 bits per heavy atom. The molecular formula is C18H15ClF3N5O. The number of alkyl halides is 3. The van der Waals surface area contributed by atoms with Crippen LogP contribution in [0.3, 0.4) is 0 Å². The highest BCUT2D eigenvalue weighted by atomic mass is 35.5. The number of hydrogen-bond acceptors (Lipinski definition) is 4. The minimum absolute atomic E-state index is 0.117. The highest BCUT2D eigenvalue weighted by Crippen LogP contribution is 2.29. The van der Waals surface area contributed by atoms with E-state index >= 15 is 0 Å². The average Bonchev–Trinajstić information content (AvgIpc) is 3.10. The molecule has 0 bridgehead atoms. The number of carbonyl (C=O) groups is 1. The number of rotatable bonds is 6. The molecule has 0 unspecified atom stereocenters. The van der Waals surface area contributed by atoms with Gasteiger partial charge in [0.2, 0.25) is 11.7 Å². The Kier molecular flexibility index (Phi) is 5.93. The van der Waals surface area contributed by atoms with E-state index in [4.69, 9.17) is 11.6 Å². The van der Waals surface area contributed by atoms with Gasteiger partial charge in [0, 0.05) is 17.1 Å². The van der Waals surface area contributed by atoms with Gasteiger partial charge in [-0.05, 0) is 53.6 Å². The number of aromatic nitrogens is 4. The molecule has 0 radical (unpaired) electrons. The third-order valence-electron chi connectivity index (χ3n) is 3.86. The molecule has 0 fully saturated rings. The Morgan fingerprint density at radius 3 is 2.39 bits per heavy atom. The molecule has 10 heteroatoms. The molecule has 1 aromatic heterocycles. The first-order valence-electron chi connectivity index (χ1n) is 8.28. The molecule has 3 rings (SSSR count). The predicted octanol–water partition coefficient (Wildman–Crippen LogP) is 3.37. The number of carbonyl (C=O) groups excluding carboxylic acids is 1. The largest absolute Gasteiger partial charge is 0.416 e. The fraction of sp³-hybridized carbons (Fsp3) is 0.222. The van der Waals surface area contributed by atoms with Crippen LogP contribution >= 0.6 is 11.6 Å². The SMILES string of the molecule is O=C(Cn1nnc(-c2ccc(Cl)cc2)n1)NCCc1ccc(C(F)(F)F)cc1. The van der Waals surface area contributed by atoms with Crippen LogP contribution < -0.4 is 5.32 Å². The lowest BCUT2D eigenvalue weighted by Gasteiger charge is -2.08. The standard InChI is InChI=1S/C18H15ClF3N5O/c19-15-7-3-13(4-8-15)17-24-26-27(25-17)11-16(28)23-10-9-12-1-5-14(6-2-12)18(20,21)22/h1-8H,9-11H2,(H,23,28). The smallest absolute Gasteiger partial charge is 0.354 e. The van der Waals surface area contributed by atoms with Gasteiger partial charge in [-0.15, -0.1) is 10.2 Å². The van der Waals surface area contributed by atoms with Gasteiger partial charge in [-0.25, -0.2) is 0 Å². The van der Waals surface area contributed by atoms with Crippen molar-refractivity contribution in [3.63, 3.8) is 0 Å². The van der Waals surface area contributed by atoms with Crippen molar-refractivity contribution in [2.24, 2.45) is 0 Å². The number of amides is 1. The molecule has 0 aliphatic heterocycles. The normalized spacial score (nSPS) is 11.4. The van der Waals surface area contributed by atoms with Gasteiger partial charge in [0.1, 0.15) is 6.54 Å². The molecule has 0 saturated carbocycles. The van der Waals surface area contributed by atoms with Gasteiger partial charge in [-0.2, -0.15) is 18.0 Å². The van der Waals surface area contributed by atoms with Crippen molar-refractivity contribution in [2.75, 3.05) is 6.54 Å². The third-order valence-corrected chi connectivity index (χ3v) is 4.11. The number of nitrogens with zero attached hydrogens (tertiary/aromatic N) is 4. The molecular weight excluding hydrogens is 395 g/mol. The van der Waals surface area contributed by atoms with E-state index in [1.165, 1.54) is 12.1 Å². The first-order chi connectivity index (χ1) is 13.3. The number of halogens is 4. The molecule has 1 amide bonds. The lowest BCUT2D eigenvalue weighted by molar-refractivity contribution is -0.137. The molecule has 6 nitrogen and oxygen atoms in total. The predicted molar refractivity (Wildman–Crippen MR) is 96.4 cm³/mol. The molecule has 0 atom stereocenters. The summed E-state index contributed by atoms with van der Waals surface area (Å²) in [6.45, 7) is 0.163. The van der Waals surface area contributed by atoms with Crippen molar-refractivity contribution >= 4 is 17.5 Å². The lowest BCUT2D eigenvalue weighted by atomic mass is 10.1. The summed E-state index contributed by atoms with van der Waals surface area (Å²) in [4.78, 5) is 13.1. The van der Waals surface area contributed by atoms with Crippen molar-refractivity contribution in [1.82, 2.24) is 25.5 Å². The Balaban J connectivity index is 1.48. The van der Waals surface area contributed by atoms with Gasteiger partial charge >= 0.3 is 6.18 Å². The molecule has 2 aromatic carbocycles. The molecule has 0 aliphatic carbocycles. The van der Waals surface area contributed by atoms with E-state index in [1.54, 1.807) is 24.3 Å². The molecule has 0 saturated heterocycles. The van der Waals surface area contributed by atoms with Crippen LogP contribution in [0.15, 0.2) is 48.5 Å². The lowest BCUT2D eigenvalue weighted by Crippen LogP contribution is -2.30. The van der Waals surface area contributed by atoms with E-state index in [0.29, 0.717) is 22.8 Å². The maximum atomic E-state index is 12.5. The van der Waals surface area contributed by atoms with E-state index in [0.717, 1.165) is 22.5 Å². The summed E-state index contributed by atoms with van der Waals surface area (Å²) in [6.07, 6.45) is -3.95. The highest BCUT2D eigenvalue weighted by Gasteiger charge is 2.29. The van der Waals surface area contributed by atoms with Gasteiger partial charge in [-0.1, -0.05) is 23.7 Å². The Bertz CT molecular complexity index is 939. The molecule has 146 valence electrons. The second-order valence-electron chi connectivity index (χ2n) is 5.94. The third kappa shape index (κ3) is 5.29. The van der Waals surface area contributed by atoms with Crippen molar-refractivity contribution in [3.8, 4) is 11.4 Å². The zero-order chi connectivity index (χ0) is 20.1. The maximum Gasteiger partial charge on any atom is 0.416 e. The summed E-state index contributed by atoms with van der Waals surface area (Å²) in [5.41, 5.74) is 0.713. The molecule has 28 heavy (non-hydrogen) atoms. The second-order valence-corrected chi connectivity index (χ2v) is 6.38. The van der Waals surface area contributed by atoms with E-state index in [-0.39, 0.29) is 19.0 Å². The van der Waals surface area contributed by atoms with Gasteiger partial charge < -0.3 is 5.32 Å². The molecule has 1 N–H and O–H groups in total. The number of benzene rings is 2. The summed E-state index contributed by atoms with van der Waals surface area (Å²) >= 11 is 5.83. The Morgan fingerprint density at radius 1 is 1.07 bits per heavy atom. The Hall–Kier alpha value is -2.94. The summed E-state index contributed by atoms with van der Waals surface area (Å²) in [6, 6.07) is 11.7. The summed E-state index contributed by atoms with van der Waals surface area (Å²) in [5, 5.41) is 15.1. The maximum absolute atomic E-state index is 12.5. The van der Waals surface area contributed by atoms with Crippen LogP contribution in [-0.4, -0.2) is 32.7 Å². The zero-order valence-electron chi connectivity index (χ0n) is 14.4. The summed E-state index contributed by atoms with van der Waals surface area (Å²) < 4.78 is 37.6. The molecule has 0 spiro atoms. The van der Waals surface area contributed by atoms with E-state index in [2.05, 4.69) is 20.7 Å². The van der Waals surface area contributed by atoms with Gasteiger partial charge in [0.25, 0.3) is 0 Å². The van der Waals surface area contributed by atoms with Gasteiger partial charge in [0.15, 0.2) is 0 Å². The van der Waals surface area contributed by atoms with Crippen LogP contribution in [0.2, 0.25) is 5.02 Å². The van der Waals surface area contributed by atoms with Crippen LogP contribution in [0.5, 0.6) is 0 Å². The van der Waals surface area contributed by atoms with Crippen molar-refractivity contribution < 1.29 is 18.0 Å². The van der Waals surface area contributed by atoms with Crippen LogP contribution in [0.1, 0.15) is 11.1 Å². The van der Waals surface area contributed by atoms with E-state index in [1.807, 2.05) is 0 Å². The second kappa shape index (κ2) is 8.39. The fourth-order valence-electron chi connectivity index (χ4n) is 2.42. The Labute approximate surface area is 163 Å². The number of tetrazole rings is 1. The van der Waals surface area contributed by atoms with Gasteiger partial charge in [0.05, 0.1) is 5.56 Å². The van der Waals surface area contributed by atoms with Crippen molar-refractivity contribution in [3.05, 3.63) is 64.7 Å². The van der Waals surface area contributed by atoms with Gasteiger partial charge in [-0.3, -0.25) is 4.79 Å². The minimum atomic E-state index is -4.36. The first-order valence-corrected chi connectivity index (χ1v) is 8.65. The minimum Gasteiger partial charge on any atom is -0.354 e. The quantitative estimate of drug-likeness (QED) is 0.677. The average molecular weight is 410 g/mol. The van der Waals surface area contributed by atoms with Crippen molar-refractivity contribution in [2.45, 2.75) is 19.1 Å². The first kappa shape index (κ1) is 19.8. The number of nitrogens with one attached hydrogen (secondary N) is 1. The monoisotopic (exact) mass is 409 g/mol. The zero-order valence-corrected chi connectivity index (χ0v) is 15.2. The summed E-state index contributed by atoms with van der Waals surface area (Å²) in [7, 11) is 0.